The van der Waals surface area contributed by atoms with E-state index >= 15 is 0 Å². The second-order valence-corrected chi connectivity index (χ2v) is 9.59. The summed E-state index contributed by atoms with van der Waals surface area (Å²) in [4.78, 5) is 15.7. The summed E-state index contributed by atoms with van der Waals surface area (Å²) in [6.07, 6.45) is 2.01. The zero-order valence-corrected chi connectivity index (χ0v) is 17.7. The minimum Gasteiger partial charge on any atom is -0.325 e. The van der Waals surface area contributed by atoms with Crippen LogP contribution in [0.25, 0.3) is 0 Å². The molecule has 8 heteroatoms. The number of nitrogens with one attached hydrogen (secondary N) is 1. The molecule has 0 aromatic heterocycles. The topological polar surface area (TPSA) is 69.7 Å². The molecule has 0 radical (unpaired) electrons. The number of thioether (sulfide) groups is 1. The van der Waals surface area contributed by atoms with E-state index in [0.717, 1.165) is 16.1 Å². The Labute approximate surface area is 171 Å². The fourth-order valence-electron chi connectivity index (χ4n) is 3.07. The molecular weight excluding hydrogens is 394 g/mol. The van der Waals surface area contributed by atoms with Crippen molar-refractivity contribution in [3.8, 4) is 0 Å². The molecule has 0 aliphatic carbocycles. The van der Waals surface area contributed by atoms with Crippen LogP contribution in [0.2, 0.25) is 0 Å². The van der Waals surface area contributed by atoms with E-state index in [-0.39, 0.29) is 12.5 Å². The predicted octanol–water partition coefficient (Wildman–Crippen LogP) is 2.66. The van der Waals surface area contributed by atoms with Gasteiger partial charge in [-0.1, -0.05) is 17.7 Å². The number of nitrogens with zero attached hydrogens (tertiary/aromatic N) is 2. The number of aryl methyl sites for hydroxylation is 1. The number of piperazine rings is 1. The molecule has 0 saturated carbocycles. The van der Waals surface area contributed by atoms with E-state index in [1.165, 1.54) is 4.31 Å². The monoisotopic (exact) mass is 419 g/mol. The van der Waals surface area contributed by atoms with Crippen molar-refractivity contribution in [2.75, 3.05) is 44.3 Å². The Hall–Kier alpha value is -1.87. The van der Waals surface area contributed by atoms with Crippen LogP contribution in [-0.2, 0) is 14.8 Å². The van der Waals surface area contributed by atoms with Crippen LogP contribution < -0.4 is 5.32 Å². The van der Waals surface area contributed by atoms with Crippen molar-refractivity contribution in [1.82, 2.24) is 9.21 Å². The van der Waals surface area contributed by atoms with Crippen molar-refractivity contribution in [2.24, 2.45) is 0 Å². The number of rotatable bonds is 6. The molecular formula is C20H25N3O3S2. The minimum absolute atomic E-state index is 0.0910. The van der Waals surface area contributed by atoms with Gasteiger partial charge in [0.1, 0.15) is 0 Å². The number of amides is 1. The van der Waals surface area contributed by atoms with E-state index in [2.05, 4.69) is 5.32 Å². The molecule has 2 aromatic carbocycles. The zero-order chi connectivity index (χ0) is 20.1. The summed E-state index contributed by atoms with van der Waals surface area (Å²) in [5.41, 5.74) is 1.79. The molecule has 3 rings (SSSR count). The molecule has 2 aromatic rings. The van der Waals surface area contributed by atoms with Crippen molar-refractivity contribution in [3.63, 3.8) is 0 Å². The van der Waals surface area contributed by atoms with Crippen LogP contribution in [0, 0.1) is 6.92 Å². The SMILES string of the molecule is CSc1ccc(NC(=O)CN2CCN(S(=O)(=O)c3ccc(C)cc3)CC2)cc1. The number of anilines is 1. The Morgan fingerprint density at radius 2 is 1.61 bits per heavy atom. The largest absolute Gasteiger partial charge is 0.325 e. The van der Waals surface area contributed by atoms with Gasteiger partial charge < -0.3 is 5.32 Å². The van der Waals surface area contributed by atoms with Gasteiger partial charge in [-0.05, 0) is 49.6 Å². The van der Waals surface area contributed by atoms with Gasteiger partial charge in [0.25, 0.3) is 0 Å². The van der Waals surface area contributed by atoms with Crippen molar-refractivity contribution >= 4 is 33.4 Å². The van der Waals surface area contributed by atoms with Crippen LogP contribution in [0.15, 0.2) is 58.3 Å². The van der Waals surface area contributed by atoms with Crippen molar-refractivity contribution in [2.45, 2.75) is 16.7 Å². The fraction of sp³-hybridized carbons (Fsp3) is 0.350. The molecule has 6 nitrogen and oxygen atoms in total. The number of hydrogen-bond donors (Lipinski definition) is 1. The molecule has 1 heterocycles. The summed E-state index contributed by atoms with van der Waals surface area (Å²) < 4.78 is 27.0. The van der Waals surface area contributed by atoms with Crippen LogP contribution in [-0.4, -0.2) is 62.5 Å². The molecule has 0 unspecified atom stereocenters. The van der Waals surface area contributed by atoms with Crippen molar-refractivity contribution in [1.29, 1.82) is 0 Å². The van der Waals surface area contributed by atoms with E-state index in [4.69, 9.17) is 0 Å². The molecule has 1 aliphatic heterocycles. The van der Waals surface area contributed by atoms with Gasteiger partial charge in [-0.25, -0.2) is 8.42 Å². The highest BCUT2D eigenvalue weighted by atomic mass is 32.2. The maximum atomic E-state index is 12.7. The smallest absolute Gasteiger partial charge is 0.243 e. The number of benzene rings is 2. The lowest BCUT2D eigenvalue weighted by Gasteiger charge is -2.33. The Balaban J connectivity index is 1.51. The van der Waals surface area contributed by atoms with E-state index in [1.54, 1.807) is 36.0 Å². The van der Waals surface area contributed by atoms with E-state index in [1.807, 2.05) is 42.3 Å². The quantitative estimate of drug-likeness (QED) is 0.729. The van der Waals surface area contributed by atoms with E-state index in [0.29, 0.717) is 31.1 Å². The van der Waals surface area contributed by atoms with Gasteiger partial charge in [-0.2, -0.15) is 4.31 Å². The Kier molecular flexibility index (Phi) is 6.77. The molecule has 1 amide bonds. The second kappa shape index (κ2) is 9.09. The molecule has 1 saturated heterocycles. The lowest BCUT2D eigenvalue weighted by atomic mass is 10.2. The molecule has 0 bridgehead atoms. The maximum Gasteiger partial charge on any atom is 0.243 e. The summed E-state index contributed by atoms with van der Waals surface area (Å²) in [6, 6.07) is 14.6. The molecule has 1 aliphatic rings. The molecule has 1 fully saturated rings. The van der Waals surface area contributed by atoms with Gasteiger partial charge in [0.05, 0.1) is 11.4 Å². The number of carbonyl (C=O) groups excluding carboxylic acids is 1. The third-order valence-corrected chi connectivity index (χ3v) is 7.39. The van der Waals surface area contributed by atoms with Crippen LogP contribution in [0.4, 0.5) is 5.69 Å². The normalized spacial score (nSPS) is 16.1. The van der Waals surface area contributed by atoms with E-state index < -0.39 is 10.0 Å². The highest BCUT2D eigenvalue weighted by molar-refractivity contribution is 7.98. The van der Waals surface area contributed by atoms with Gasteiger partial charge in [0.15, 0.2) is 0 Å². The first-order valence-electron chi connectivity index (χ1n) is 9.11. The zero-order valence-electron chi connectivity index (χ0n) is 16.1. The standard InChI is InChI=1S/C20H25N3O3S2/c1-16-3-9-19(10-4-16)28(25,26)23-13-11-22(12-14-23)15-20(24)21-17-5-7-18(27-2)8-6-17/h3-10H,11-15H2,1-2H3,(H,21,24). The van der Waals surface area contributed by atoms with Crippen LogP contribution in [0.1, 0.15) is 5.56 Å². The van der Waals surface area contributed by atoms with Crippen molar-refractivity contribution in [3.05, 3.63) is 54.1 Å². The van der Waals surface area contributed by atoms with Crippen LogP contribution in [0.5, 0.6) is 0 Å². The number of sulfonamides is 1. The van der Waals surface area contributed by atoms with Crippen LogP contribution >= 0.6 is 11.8 Å². The average molecular weight is 420 g/mol. The lowest BCUT2D eigenvalue weighted by molar-refractivity contribution is -0.117. The summed E-state index contributed by atoms with van der Waals surface area (Å²) >= 11 is 1.65. The van der Waals surface area contributed by atoms with Gasteiger partial charge >= 0.3 is 0 Å². The summed E-state index contributed by atoms with van der Waals surface area (Å²) in [5, 5.41) is 2.89. The van der Waals surface area contributed by atoms with Gasteiger partial charge in [-0.3, -0.25) is 9.69 Å². The molecule has 1 N–H and O–H groups in total. The van der Waals surface area contributed by atoms with E-state index in [9.17, 15) is 13.2 Å². The van der Waals surface area contributed by atoms with Gasteiger partial charge in [0, 0.05) is 36.8 Å². The molecule has 0 atom stereocenters. The summed E-state index contributed by atoms with van der Waals surface area (Å²) in [7, 11) is -3.48. The minimum atomic E-state index is -3.48. The Bertz CT molecular complexity index is 905. The van der Waals surface area contributed by atoms with Gasteiger partial charge in [0.2, 0.25) is 15.9 Å². The third-order valence-electron chi connectivity index (χ3n) is 4.73. The Morgan fingerprint density at radius 1 is 1.00 bits per heavy atom. The maximum absolute atomic E-state index is 12.7. The van der Waals surface area contributed by atoms with Gasteiger partial charge in [-0.15, -0.1) is 11.8 Å². The third kappa shape index (κ3) is 5.14. The molecule has 28 heavy (non-hydrogen) atoms. The average Bonchev–Trinajstić information content (AvgIpc) is 2.69. The molecule has 0 spiro atoms. The first kappa shape index (κ1) is 20.9. The first-order chi connectivity index (χ1) is 13.4. The number of hydrogen-bond acceptors (Lipinski definition) is 5. The highest BCUT2D eigenvalue weighted by Gasteiger charge is 2.28. The highest BCUT2D eigenvalue weighted by Crippen LogP contribution is 2.19. The summed E-state index contributed by atoms with van der Waals surface area (Å²) in [5.74, 6) is -0.0910. The summed E-state index contributed by atoms with van der Waals surface area (Å²) in [6.45, 7) is 4.01. The van der Waals surface area contributed by atoms with Crippen molar-refractivity contribution < 1.29 is 13.2 Å². The fourth-order valence-corrected chi connectivity index (χ4v) is 4.90. The number of carbonyl (C=O) groups is 1. The first-order valence-corrected chi connectivity index (χ1v) is 11.8. The second-order valence-electron chi connectivity index (χ2n) is 6.77. The molecule has 150 valence electrons. The van der Waals surface area contributed by atoms with Crippen LogP contribution in [0.3, 0.4) is 0 Å². The predicted molar refractivity (Wildman–Crippen MR) is 113 cm³/mol. The Morgan fingerprint density at radius 3 is 2.18 bits per heavy atom. The lowest BCUT2D eigenvalue weighted by Crippen LogP contribution is -2.50.